The number of hydrogen-bond donors (Lipinski definition) is 1. The lowest BCUT2D eigenvalue weighted by Crippen LogP contribution is -2.35. The van der Waals surface area contributed by atoms with Crippen LogP contribution in [0.25, 0.3) is 10.8 Å². The molecule has 106 valence electrons. The third kappa shape index (κ3) is 3.19. The van der Waals surface area contributed by atoms with Gasteiger partial charge in [0.05, 0.1) is 0 Å². The second kappa shape index (κ2) is 5.66. The predicted molar refractivity (Wildman–Crippen MR) is 84.4 cm³/mol. The van der Waals surface area contributed by atoms with Crippen LogP contribution in [0.1, 0.15) is 33.3 Å². The fourth-order valence-electron chi connectivity index (χ4n) is 2.18. The van der Waals surface area contributed by atoms with Crippen molar-refractivity contribution >= 4 is 16.7 Å². The van der Waals surface area contributed by atoms with E-state index in [4.69, 9.17) is 0 Å². The van der Waals surface area contributed by atoms with Gasteiger partial charge in [0.25, 0.3) is 0 Å². The molecule has 1 N–H and O–H groups in total. The van der Waals surface area contributed by atoms with E-state index in [2.05, 4.69) is 50.4 Å². The Hall–Kier alpha value is -1.83. The summed E-state index contributed by atoms with van der Waals surface area (Å²) in [6.07, 6.45) is 0. The topological polar surface area (TPSA) is 29.1 Å². The van der Waals surface area contributed by atoms with Gasteiger partial charge in [0, 0.05) is 12.5 Å². The van der Waals surface area contributed by atoms with E-state index in [-0.39, 0.29) is 17.2 Å². The van der Waals surface area contributed by atoms with Crippen molar-refractivity contribution in [2.75, 3.05) is 0 Å². The van der Waals surface area contributed by atoms with Gasteiger partial charge in [-0.05, 0) is 21.8 Å². The van der Waals surface area contributed by atoms with Crippen molar-refractivity contribution in [3.63, 3.8) is 0 Å². The number of amides is 1. The Kier molecular flexibility index (Phi) is 4.12. The van der Waals surface area contributed by atoms with E-state index in [0.29, 0.717) is 6.54 Å². The van der Waals surface area contributed by atoms with Gasteiger partial charge in [0.1, 0.15) is 0 Å². The van der Waals surface area contributed by atoms with Crippen molar-refractivity contribution in [3.8, 4) is 0 Å². The third-order valence-corrected chi connectivity index (χ3v) is 4.03. The van der Waals surface area contributed by atoms with Crippen LogP contribution in [0.5, 0.6) is 0 Å². The van der Waals surface area contributed by atoms with Crippen molar-refractivity contribution < 1.29 is 4.79 Å². The Labute approximate surface area is 121 Å². The van der Waals surface area contributed by atoms with Crippen molar-refractivity contribution in [3.05, 3.63) is 48.0 Å². The van der Waals surface area contributed by atoms with Gasteiger partial charge < -0.3 is 5.32 Å². The van der Waals surface area contributed by atoms with Gasteiger partial charge in [-0.2, -0.15) is 0 Å². The largest absolute Gasteiger partial charge is 0.352 e. The summed E-state index contributed by atoms with van der Waals surface area (Å²) in [5.41, 5.74) is 1.15. The van der Waals surface area contributed by atoms with E-state index >= 15 is 0 Å². The minimum Gasteiger partial charge on any atom is -0.352 e. The molecular weight excluding hydrogens is 246 g/mol. The molecule has 0 radical (unpaired) electrons. The first-order chi connectivity index (χ1) is 9.39. The summed E-state index contributed by atoms with van der Waals surface area (Å²) in [4.78, 5) is 12.2. The first-order valence-corrected chi connectivity index (χ1v) is 7.14. The van der Waals surface area contributed by atoms with Crippen LogP contribution in [-0.4, -0.2) is 5.91 Å². The number of carbonyl (C=O) groups is 1. The molecule has 0 fully saturated rings. The number of nitrogens with one attached hydrogen (secondary N) is 1. The molecule has 2 nitrogen and oxygen atoms in total. The maximum Gasteiger partial charge on any atom is 0.223 e. The molecule has 2 aromatic rings. The number of hydrogen-bond acceptors (Lipinski definition) is 1. The van der Waals surface area contributed by atoms with Crippen LogP contribution in [0.4, 0.5) is 0 Å². The molecule has 0 spiro atoms. The first kappa shape index (κ1) is 14.6. The summed E-state index contributed by atoms with van der Waals surface area (Å²) in [6.45, 7) is 8.85. The van der Waals surface area contributed by atoms with Gasteiger partial charge in [-0.3, -0.25) is 4.79 Å². The van der Waals surface area contributed by atoms with E-state index in [1.54, 1.807) is 0 Å². The third-order valence-electron chi connectivity index (χ3n) is 4.03. The molecule has 2 rings (SSSR count). The zero-order valence-corrected chi connectivity index (χ0v) is 12.7. The quantitative estimate of drug-likeness (QED) is 0.891. The Balaban J connectivity index is 2.12. The molecule has 0 aliphatic carbocycles. The van der Waals surface area contributed by atoms with Gasteiger partial charge >= 0.3 is 0 Å². The number of carbonyl (C=O) groups excluding carboxylic acids is 1. The van der Waals surface area contributed by atoms with Crippen molar-refractivity contribution in [1.29, 1.82) is 0 Å². The lowest BCUT2D eigenvalue weighted by atomic mass is 9.81. The first-order valence-electron chi connectivity index (χ1n) is 7.14. The lowest BCUT2D eigenvalue weighted by molar-refractivity contribution is -0.127. The van der Waals surface area contributed by atoms with Gasteiger partial charge in [-0.15, -0.1) is 0 Å². The molecule has 0 aliphatic rings. The zero-order valence-electron chi connectivity index (χ0n) is 12.7. The van der Waals surface area contributed by atoms with Gasteiger partial charge in [0.15, 0.2) is 0 Å². The molecular formula is C18H23NO. The summed E-state index contributed by atoms with van der Waals surface area (Å²) in [5.74, 6) is 0.114. The average Bonchev–Trinajstić information content (AvgIpc) is 2.42. The summed E-state index contributed by atoms with van der Waals surface area (Å²) >= 11 is 0. The molecule has 2 aromatic carbocycles. The zero-order chi connectivity index (χ0) is 14.8. The monoisotopic (exact) mass is 269 g/mol. The molecule has 0 saturated carbocycles. The molecule has 2 heteroatoms. The fourth-order valence-corrected chi connectivity index (χ4v) is 2.18. The Morgan fingerprint density at radius 2 is 1.75 bits per heavy atom. The second-order valence-electron chi connectivity index (χ2n) is 6.44. The van der Waals surface area contributed by atoms with Gasteiger partial charge in [0.2, 0.25) is 5.91 Å². The SMILES string of the molecule is CC(C(=O)NCc1cccc2ccccc12)C(C)(C)C. The average molecular weight is 269 g/mol. The summed E-state index contributed by atoms with van der Waals surface area (Å²) in [5, 5.41) is 5.48. The van der Waals surface area contributed by atoms with Crippen molar-refractivity contribution in [2.45, 2.75) is 34.2 Å². The van der Waals surface area contributed by atoms with Crippen LogP contribution >= 0.6 is 0 Å². The Bertz CT molecular complexity index is 605. The molecule has 1 unspecified atom stereocenters. The molecule has 20 heavy (non-hydrogen) atoms. The highest BCUT2D eigenvalue weighted by Gasteiger charge is 2.26. The summed E-state index contributed by atoms with van der Waals surface area (Å²) in [6, 6.07) is 14.5. The normalized spacial score (nSPS) is 13.2. The maximum absolute atomic E-state index is 12.2. The van der Waals surface area contributed by atoms with Crippen LogP contribution < -0.4 is 5.32 Å². The van der Waals surface area contributed by atoms with Crippen LogP contribution in [0, 0.1) is 11.3 Å². The number of fused-ring (bicyclic) bond motifs is 1. The Morgan fingerprint density at radius 1 is 1.10 bits per heavy atom. The number of benzene rings is 2. The van der Waals surface area contributed by atoms with Gasteiger partial charge in [-0.25, -0.2) is 0 Å². The minimum atomic E-state index is -0.0111. The standard InChI is InChI=1S/C18H23NO/c1-13(18(2,3)4)17(20)19-12-15-10-7-9-14-8-5-6-11-16(14)15/h5-11,13H,12H2,1-4H3,(H,19,20). The highest BCUT2D eigenvalue weighted by molar-refractivity contribution is 5.86. The second-order valence-corrected chi connectivity index (χ2v) is 6.44. The van der Waals surface area contributed by atoms with Crippen molar-refractivity contribution in [2.24, 2.45) is 11.3 Å². The Morgan fingerprint density at radius 3 is 2.45 bits per heavy atom. The van der Waals surface area contributed by atoms with E-state index in [0.717, 1.165) is 5.56 Å². The lowest BCUT2D eigenvalue weighted by Gasteiger charge is -2.26. The molecule has 0 aromatic heterocycles. The highest BCUT2D eigenvalue weighted by Crippen LogP contribution is 2.25. The van der Waals surface area contributed by atoms with Crippen LogP contribution in [-0.2, 0) is 11.3 Å². The minimum absolute atomic E-state index is 0.00234. The summed E-state index contributed by atoms with van der Waals surface area (Å²) < 4.78 is 0. The fraction of sp³-hybridized carbons (Fsp3) is 0.389. The van der Waals surface area contributed by atoms with Crippen LogP contribution in [0.15, 0.2) is 42.5 Å². The molecule has 0 saturated heterocycles. The van der Waals surface area contributed by atoms with E-state index in [1.165, 1.54) is 10.8 Å². The maximum atomic E-state index is 12.2. The van der Waals surface area contributed by atoms with Crippen molar-refractivity contribution in [1.82, 2.24) is 5.32 Å². The molecule has 1 amide bonds. The van der Waals surface area contributed by atoms with Crippen LogP contribution in [0.3, 0.4) is 0 Å². The van der Waals surface area contributed by atoms with Gasteiger partial charge in [-0.1, -0.05) is 70.2 Å². The predicted octanol–water partition coefficient (Wildman–Crippen LogP) is 4.14. The molecule has 0 heterocycles. The van der Waals surface area contributed by atoms with E-state index < -0.39 is 0 Å². The summed E-state index contributed by atoms with van der Waals surface area (Å²) in [7, 11) is 0. The highest BCUT2D eigenvalue weighted by atomic mass is 16.1. The molecule has 0 bridgehead atoms. The van der Waals surface area contributed by atoms with Crippen LogP contribution in [0.2, 0.25) is 0 Å². The van der Waals surface area contributed by atoms with E-state index in [9.17, 15) is 4.79 Å². The molecule has 0 aliphatic heterocycles. The number of rotatable bonds is 3. The smallest absolute Gasteiger partial charge is 0.223 e. The van der Waals surface area contributed by atoms with E-state index in [1.807, 2.05) is 25.1 Å². The molecule has 1 atom stereocenters.